The molecule has 4 heteroatoms. The fourth-order valence-corrected chi connectivity index (χ4v) is 2.31. The van der Waals surface area contributed by atoms with E-state index in [1.807, 2.05) is 6.07 Å². The highest BCUT2D eigenvalue weighted by Gasteiger charge is 2.13. The molecule has 1 aromatic carbocycles. The highest BCUT2D eigenvalue weighted by atomic mass is 19.1. The lowest BCUT2D eigenvalue weighted by Gasteiger charge is -2.24. The molecule has 1 rings (SSSR count). The van der Waals surface area contributed by atoms with Crippen molar-refractivity contribution >= 4 is 0 Å². The summed E-state index contributed by atoms with van der Waals surface area (Å²) in [7, 11) is 0. The van der Waals surface area contributed by atoms with Gasteiger partial charge in [0.2, 0.25) is 0 Å². The van der Waals surface area contributed by atoms with Crippen molar-refractivity contribution in [1.82, 2.24) is 10.2 Å². The van der Waals surface area contributed by atoms with Crippen molar-refractivity contribution in [3.05, 3.63) is 35.6 Å². The lowest BCUT2D eigenvalue weighted by Crippen LogP contribution is -2.31. The van der Waals surface area contributed by atoms with Gasteiger partial charge in [0.25, 0.3) is 0 Å². The van der Waals surface area contributed by atoms with E-state index in [4.69, 9.17) is 5.11 Å². The Morgan fingerprint density at radius 2 is 2.10 bits per heavy atom. The molecular weight excluding hydrogens is 255 g/mol. The monoisotopic (exact) mass is 282 g/mol. The van der Waals surface area contributed by atoms with Crippen LogP contribution in [-0.2, 0) is 0 Å². The van der Waals surface area contributed by atoms with Crippen LogP contribution < -0.4 is 5.32 Å². The van der Waals surface area contributed by atoms with Gasteiger partial charge in [0, 0.05) is 19.1 Å². The Balaban J connectivity index is 2.64. The number of nitrogens with zero attached hydrogens (tertiary/aromatic N) is 1. The van der Waals surface area contributed by atoms with Gasteiger partial charge in [-0.2, -0.15) is 0 Å². The molecule has 2 N–H and O–H groups in total. The van der Waals surface area contributed by atoms with Crippen LogP contribution >= 0.6 is 0 Å². The van der Waals surface area contributed by atoms with Gasteiger partial charge in [0.05, 0.1) is 6.61 Å². The van der Waals surface area contributed by atoms with Crippen molar-refractivity contribution in [2.75, 3.05) is 32.8 Å². The third kappa shape index (κ3) is 5.99. The number of hydrogen-bond donors (Lipinski definition) is 2. The fraction of sp³-hybridized carbons (Fsp3) is 0.625. The minimum Gasteiger partial charge on any atom is -0.395 e. The number of aliphatic hydroxyl groups is 1. The molecule has 0 spiro atoms. The van der Waals surface area contributed by atoms with Gasteiger partial charge in [-0.3, -0.25) is 0 Å². The maximum absolute atomic E-state index is 13.4. The Labute approximate surface area is 121 Å². The number of hydrogen-bond acceptors (Lipinski definition) is 3. The SMILES string of the molecule is CCCNC(CCN(CC)CCO)c1cccc(F)c1. The zero-order chi connectivity index (χ0) is 14.8. The predicted molar refractivity (Wildman–Crippen MR) is 81.3 cm³/mol. The molecule has 0 heterocycles. The molecule has 114 valence electrons. The molecule has 0 bridgehead atoms. The average Bonchev–Trinajstić information content (AvgIpc) is 2.46. The molecule has 0 saturated carbocycles. The molecule has 1 unspecified atom stereocenters. The van der Waals surface area contributed by atoms with E-state index in [9.17, 15) is 4.39 Å². The van der Waals surface area contributed by atoms with Gasteiger partial charge in [0.1, 0.15) is 5.82 Å². The first-order chi connectivity index (χ1) is 9.71. The third-order valence-electron chi connectivity index (χ3n) is 3.49. The van der Waals surface area contributed by atoms with Gasteiger partial charge in [-0.05, 0) is 43.6 Å². The van der Waals surface area contributed by atoms with E-state index in [1.54, 1.807) is 12.1 Å². The average molecular weight is 282 g/mol. The summed E-state index contributed by atoms with van der Waals surface area (Å²) in [6, 6.07) is 6.98. The number of halogens is 1. The third-order valence-corrected chi connectivity index (χ3v) is 3.49. The molecule has 1 atom stereocenters. The summed E-state index contributed by atoms with van der Waals surface area (Å²) in [4.78, 5) is 2.21. The van der Waals surface area contributed by atoms with E-state index in [2.05, 4.69) is 24.1 Å². The number of benzene rings is 1. The lowest BCUT2D eigenvalue weighted by atomic mass is 10.0. The van der Waals surface area contributed by atoms with Crippen molar-refractivity contribution in [3.63, 3.8) is 0 Å². The second-order valence-corrected chi connectivity index (χ2v) is 5.01. The van der Waals surface area contributed by atoms with Gasteiger partial charge in [-0.15, -0.1) is 0 Å². The van der Waals surface area contributed by atoms with Crippen LogP contribution in [0.25, 0.3) is 0 Å². The van der Waals surface area contributed by atoms with E-state index >= 15 is 0 Å². The molecule has 0 aromatic heterocycles. The first kappa shape index (κ1) is 17.1. The maximum Gasteiger partial charge on any atom is 0.123 e. The predicted octanol–water partition coefficient (Wildman–Crippen LogP) is 2.57. The molecule has 3 nitrogen and oxygen atoms in total. The van der Waals surface area contributed by atoms with Crippen LogP contribution in [0.3, 0.4) is 0 Å². The second-order valence-electron chi connectivity index (χ2n) is 5.01. The Morgan fingerprint density at radius 3 is 2.70 bits per heavy atom. The van der Waals surface area contributed by atoms with Crippen molar-refractivity contribution in [2.24, 2.45) is 0 Å². The van der Waals surface area contributed by atoms with E-state index in [0.717, 1.165) is 38.0 Å². The van der Waals surface area contributed by atoms with Crippen LogP contribution in [0.4, 0.5) is 4.39 Å². The quantitative estimate of drug-likeness (QED) is 0.692. The van der Waals surface area contributed by atoms with E-state index in [1.165, 1.54) is 6.07 Å². The minimum absolute atomic E-state index is 0.165. The Kier molecular flexibility index (Phi) is 8.42. The molecule has 0 saturated heterocycles. The number of nitrogens with one attached hydrogen (secondary N) is 1. The van der Waals surface area contributed by atoms with Gasteiger partial charge < -0.3 is 15.3 Å². The van der Waals surface area contributed by atoms with Gasteiger partial charge in [0.15, 0.2) is 0 Å². The van der Waals surface area contributed by atoms with Crippen LogP contribution in [0.15, 0.2) is 24.3 Å². The van der Waals surface area contributed by atoms with Crippen LogP contribution in [0, 0.1) is 5.82 Å². The number of likely N-dealkylation sites (N-methyl/N-ethyl adjacent to an activating group) is 1. The van der Waals surface area contributed by atoms with Crippen molar-refractivity contribution in [3.8, 4) is 0 Å². The zero-order valence-electron chi connectivity index (χ0n) is 12.6. The summed E-state index contributed by atoms with van der Waals surface area (Å²) in [6.45, 7) is 7.83. The smallest absolute Gasteiger partial charge is 0.123 e. The largest absolute Gasteiger partial charge is 0.395 e. The van der Waals surface area contributed by atoms with Gasteiger partial charge in [-0.25, -0.2) is 4.39 Å². The van der Waals surface area contributed by atoms with Gasteiger partial charge in [-0.1, -0.05) is 26.0 Å². The first-order valence-corrected chi connectivity index (χ1v) is 7.53. The number of rotatable bonds is 10. The first-order valence-electron chi connectivity index (χ1n) is 7.53. The topological polar surface area (TPSA) is 35.5 Å². The number of aliphatic hydroxyl groups excluding tert-OH is 1. The van der Waals surface area contributed by atoms with Crippen LogP contribution in [0.2, 0.25) is 0 Å². The molecule has 0 aliphatic carbocycles. The summed E-state index contributed by atoms with van der Waals surface area (Å²) in [6.07, 6.45) is 1.97. The Morgan fingerprint density at radius 1 is 1.30 bits per heavy atom. The molecule has 0 radical (unpaired) electrons. The Hall–Kier alpha value is -0.970. The van der Waals surface area contributed by atoms with E-state index < -0.39 is 0 Å². The zero-order valence-corrected chi connectivity index (χ0v) is 12.6. The highest BCUT2D eigenvalue weighted by Crippen LogP contribution is 2.18. The van der Waals surface area contributed by atoms with Crippen molar-refractivity contribution in [1.29, 1.82) is 0 Å². The van der Waals surface area contributed by atoms with E-state index in [-0.39, 0.29) is 18.5 Å². The van der Waals surface area contributed by atoms with Crippen LogP contribution in [0.5, 0.6) is 0 Å². The summed E-state index contributed by atoms with van der Waals surface area (Å²) < 4.78 is 13.4. The normalized spacial score (nSPS) is 12.8. The van der Waals surface area contributed by atoms with E-state index in [0.29, 0.717) is 6.54 Å². The summed E-state index contributed by atoms with van der Waals surface area (Å²) in [5.41, 5.74) is 0.999. The van der Waals surface area contributed by atoms with Crippen LogP contribution in [0.1, 0.15) is 38.3 Å². The van der Waals surface area contributed by atoms with Gasteiger partial charge >= 0.3 is 0 Å². The standard InChI is InChI=1S/C16H27FN2O/c1-3-9-18-16(8-10-19(4-2)11-12-20)14-6-5-7-15(17)13-14/h5-7,13,16,18,20H,3-4,8-12H2,1-2H3. The molecular formula is C16H27FN2O. The molecule has 0 amide bonds. The summed E-state index contributed by atoms with van der Waals surface area (Å²) >= 11 is 0. The second kappa shape index (κ2) is 9.86. The maximum atomic E-state index is 13.4. The summed E-state index contributed by atoms with van der Waals surface area (Å²) in [5, 5.41) is 12.5. The molecule has 20 heavy (non-hydrogen) atoms. The minimum atomic E-state index is -0.187. The van der Waals surface area contributed by atoms with Crippen molar-refractivity contribution in [2.45, 2.75) is 32.7 Å². The fourth-order valence-electron chi connectivity index (χ4n) is 2.31. The lowest BCUT2D eigenvalue weighted by molar-refractivity contribution is 0.195. The Bertz CT molecular complexity index is 373. The molecule has 0 aliphatic rings. The molecule has 1 aromatic rings. The van der Waals surface area contributed by atoms with Crippen LogP contribution in [-0.4, -0.2) is 42.8 Å². The summed E-state index contributed by atoms with van der Waals surface area (Å²) in [5.74, 6) is -0.187. The molecule has 0 aliphatic heterocycles. The van der Waals surface area contributed by atoms with Crippen molar-refractivity contribution < 1.29 is 9.50 Å². The highest BCUT2D eigenvalue weighted by molar-refractivity contribution is 5.20. The molecule has 0 fully saturated rings.